The number of nitrogens with zero attached hydrogens (tertiary/aromatic N) is 5. The van der Waals surface area contributed by atoms with Gasteiger partial charge in [0.25, 0.3) is 0 Å². The number of carboxylic acid groups (broad SMARTS) is 1. The molecule has 0 fully saturated rings. The van der Waals surface area contributed by atoms with Crippen LogP contribution in [-0.4, -0.2) is 55.8 Å². The van der Waals surface area contributed by atoms with Gasteiger partial charge in [0, 0.05) is 19.3 Å². The Morgan fingerprint density at radius 1 is 1.41 bits per heavy atom. The number of hydrogen-bond donors (Lipinski definition) is 2. The van der Waals surface area contributed by atoms with E-state index in [1.54, 1.807) is 12.1 Å². The number of anilines is 1. The van der Waals surface area contributed by atoms with Crippen LogP contribution in [0.25, 0.3) is 5.69 Å². The minimum Gasteiger partial charge on any atom is -0.481 e. The fourth-order valence-corrected chi connectivity index (χ4v) is 1.79. The second-order valence-corrected chi connectivity index (χ2v) is 4.75. The number of tetrazole rings is 1. The summed E-state index contributed by atoms with van der Waals surface area (Å²) in [4.78, 5) is 23.8. The molecule has 0 aliphatic heterocycles. The second kappa shape index (κ2) is 6.66. The van der Waals surface area contributed by atoms with E-state index < -0.39 is 5.97 Å². The van der Waals surface area contributed by atoms with Crippen LogP contribution in [0, 0.1) is 6.92 Å². The van der Waals surface area contributed by atoms with Gasteiger partial charge in [0.1, 0.15) is 6.33 Å². The lowest BCUT2D eigenvalue weighted by atomic mass is 10.2. The van der Waals surface area contributed by atoms with Crippen molar-refractivity contribution in [2.75, 3.05) is 18.9 Å². The Hall–Kier alpha value is -2.97. The number of carbonyl (C=O) groups excluding carboxylic acids is 1. The molecule has 0 aliphatic carbocycles. The fraction of sp³-hybridized carbons (Fsp3) is 0.308. The molecule has 1 aromatic carbocycles. The lowest BCUT2D eigenvalue weighted by Gasteiger charge is -2.17. The summed E-state index contributed by atoms with van der Waals surface area (Å²) in [5.74, 6) is -0.948. The predicted octanol–water partition coefficient (Wildman–Crippen LogP) is 0.909. The van der Waals surface area contributed by atoms with Crippen LogP contribution in [0.3, 0.4) is 0 Å². The molecule has 2 amide bonds. The van der Waals surface area contributed by atoms with Crippen LogP contribution in [0.15, 0.2) is 24.5 Å². The van der Waals surface area contributed by atoms with Gasteiger partial charge in [-0.25, -0.2) is 9.48 Å². The topological polar surface area (TPSA) is 113 Å². The van der Waals surface area contributed by atoms with Crippen molar-refractivity contribution >= 4 is 17.7 Å². The van der Waals surface area contributed by atoms with Crippen molar-refractivity contribution in [3.05, 3.63) is 30.1 Å². The molecule has 1 heterocycles. The highest BCUT2D eigenvalue weighted by Crippen LogP contribution is 2.18. The van der Waals surface area contributed by atoms with Crippen molar-refractivity contribution in [3.8, 4) is 5.69 Å². The minimum absolute atomic E-state index is 0.103. The second-order valence-electron chi connectivity index (χ2n) is 4.75. The lowest BCUT2D eigenvalue weighted by Crippen LogP contribution is -2.33. The highest BCUT2D eigenvalue weighted by Gasteiger charge is 2.11. The van der Waals surface area contributed by atoms with E-state index in [0.717, 1.165) is 11.3 Å². The maximum atomic E-state index is 12.0. The number of aliphatic carboxylic acids is 1. The van der Waals surface area contributed by atoms with E-state index in [2.05, 4.69) is 20.8 Å². The molecule has 0 unspecified atom stereocenters. The van der Waals surface area contributed by atoms with Crippen molar-refractivity contribution in [2.45, 2.75) is 13.3 Å². The van der Waals surface area contributed by atoms with Gasteiger partial charge in [0.05, 0.1) is 12.1 Å². The van der Waals surface area contributed by atoms with Crippen LogP contribution >= 0.6 is 0 Å². The first kappa shape index (κ1) is 15.4. The molecule has 9 heteroatoms. The van der Waals surface area contributed by atoms with Crippen LogP contribution in [0.4, 0.5) is 10.5 Å². The summed E-state index contributed by atoms with van der Waals surface area (Å²) in [6.45, 7) is 2.04. The van der Waals surface area contributed by atoms with Gasteiger partial charge in [-0.3, -0.25) is 4.79 Å². The molecule has 0 bridgehead atoms. The minimum atomic E-state index is -0.948. The summed E-state index contributed by atoms with van der Waals surface area (Å²) in [7, 11) is 1.54. The van der Waals surface area contributed by atoms with Crippen LogP contribution in [-0.2, 0) is 4.79 Å². The molecule has 2 aromatic rings. The Labute approximate surface area is 126 Å². The molecular weight excluding hydrogens is 288 g/mol. The largest absolute Gasteiger partial charge is 0.481 e. The molecule has 22 heavy (non-hydrogen) atoms. The quantitative estimate of drug-likeness (QED) is 0.848. The Morgan fingerprint density at radius 2 is 2.18 bits per heavy atom. The standard InChI is InChI=1S/C13H16N6O3/c1-9-3-4-10(7-11(9)19-8-14-16-17-19)15-13(22)18(2)6-5-12(20)21/h3-4,7-8H,5-6H2,1-2H3,(H,15,22)(H,20,21). The first-order valence-corrected chi connectivity index (χ1v) is 6.55. The van der Waals surface area contributed by atoms with Crippen molar-refractivity contribution in [2.24, 2.45) is 0 Å². The van der Waals surface area contributed by atoms with Gasteiger partial charge < -0.3 is 15.3 Å². The first-order valence-electron chi connectivity index (χ1n) is 6.55. The molecule has 2 N–H and O–H groups in total. The monoisotopic (exact) mass is 304 g/mol. The number of carbonyl (C=O) groups is 2. The SMILES string of the molecule is Cc1ccc(NC(=O)N(C)CCC(=O)O)cc1-n1cnnn1. The molecule has 0 spiro atoms. The van der Waals surface area contributed by atoms with Gasteiger partial charge in [0.2, 0.25) is 0 Å². The molecule has 1 aromatic heterocycles. The van der Waals surface area contributed by atoms with Gasteiger partial charge in [0.15, 0.2) is 0 Å². The third-order valence-corrected chi connectivity index (χ3v) is 3.06. The maximum absolute atomic E-state index is 12.0. The van der Waals surface area contributed by atoms with Gasteiger partial charge >= 0.3 is 12.0 Å². The molecule has 2 rings (SSSR count). The summed E-state index contributed by atoms with van der Waals surface area (Å²) in [5.41, 5.74) is 2.27. The van der Waals surface area contributed by atoms with Crippen molar-refractivity contribution in [1.29, 1.82) is 0 Å². The predicted molar refractivity (Wildman–Crippen MR) is 77.8 cm³/mol. The van der Waals surface area contributed by atoms with E-state index in [9.17, 15) is 9.59 Å². The Balaban J connectivity index is 2.08. The van der Waals surface area contributed by atoms with Gasteiger partial charge in [-0.1, -0.05) is 6.07 Å². The Bertz CT molecular complexity index is 670. The van der Waals surface area contributed by atoms with Gasteiger partial charge in [-0.05, 0) is 35.0 Å². The van der Waals surface area contributed by atoms with E-state index in [0.29, 0.717) is 5.69 Å². The number of amides is 2. The first-order chi connectivity index (χ1) is 10.5. The number of rotatable bonds is 5. The summed E-state index contributed by atoms with van der Waals surface area (Å²) in [5, 5.41) is 22.3. The molecule has 9 nitrogen and oxygen atoms in total. The van der Waals surface area contributed by atoms with Crippen LogP contribution in [0.2, 0.25) is 0 Å². The van der Waals surface area contributed by atoms with E-state index in [-0.39, 0.29) is 19.0 Å². The Kier molecular flexibility index (Phi) is 4.66. The van der Waals surface area contributed by atoms with Crippen LogP contribution < -0.4 is 5.32 Å². The highest BCUT2D eigenvalue weighted by atomic mass is 16.4. The van der Waals surface area contributed by atoms with E-state index >= 15 is 0 Å². The third kappa shape index (κ3) is 3.78. The number of carboxylic acids is 1. The van der Waals surface area contributed by atoms with Crippen LogP contribution in [0.1, 0.15) is 12.0 Å². The number of aryl methyl sites for hydroxylation is 1. The summed E-state index contributed by atoms with van der Waals surface area (Å²) in [6.07, 6.45) is 1.36. The summed E-state index contributed by atoms with van der Waals surface area (Å²) >= 11 is 0. The molecule has 0 saturated heterocycles. The van der Waals surface area contributed by atoms with Gasteiger partial charge in [-0.2, -0.15) is 0 Å². The summed E-state index contributed by atoms with van der Waals surface area (Å²) < 4.78 is 1.50. The molecular formula is C13H16N6O3. The fourth-order valence-electron chi connectivity index (χ4n) is 1.79. The van der Waals surface area contributed by atoms with E-state index in [1.807, 2.05) is 13.0 Å². The maximum Gasteiger partial charge on any atom is 0.321 e. The lowest BCUT2D eigenvalue weighted by molar-refractivity contribution is -0.137. The van der Waals surface area contributed by atoms with Gasteiger partial charge in [-0.15, -0.1) is 5.10 Å². The zero-order valence-electron chi connectivity index (χ0n) is 12.2. The number of urea groups is 1. The number of nitrogens with one attached hydrogen (secondary N) is 1. The molecule has 0 radical (unpaired) electrons. The average Bonchev–Trinajstić information content (AvgIpc) is 3.00. The Morgan fingerprint density at radius 3 is 2.82 bits per heavy atom. The van der Waals surface area contributed by atoms with Crippen molar-refractivity contribution < 1.29 is 14.7 Å². The summed E-state index contributed by atoms with van der Waals surface area (Å²) in [6, 6.07) is 4.96. The van der Waals surface area contributed by atoms with E-state index in [1.165, 1.54) is 23.0 Å². The highest BCUT2D eigenvalue weighted by molar-refractivity contribution is 5.89. The molecule has 0 aliphatic rings. The van der Waals surface area contributed by atoms with Crippen LogP contribution in [0.5, 0.6) is 0 Å². The smallest absolute Gasteiger partial charge is 0.321 e. The van der Waals surface area contributed by atoms with E-state index in [4.69, 9.17) is 5.11 Å². The number of benzene rings is 1. The van der Waals surface area contributed by atoms with Crippen molar-refractivity contribution in [1.82, 2.24) is 25.1 Å². The molecule has 0 saturated carbocycles. The zero-order chi connectivity index (χ0) is 16.1. The number of aromatic nitrogens is 4. The van der Waals surface area contributed by atoms with Crippen molar-refractivity contribution in [3.63, 3.8) is 0 Å². The molecule has 116 valence electrons. The normalized spacial score (nSPS) is 10.3. The average molecular weight is 304 g/mol. The number of hydrogen-bond acceptors (Lipinski definition) is 5. The molecule has 0 atom stereocenters. The third-order valence-electron chi connectivity index (χ3n) is 3.06. The zero-order valence-corrected chi connectivity index (χ0v) is 12.2.